The van der Waals surface area contributed by atoms with E-state index in [0.717, 1.165) is 138 Å². The number of aromatic nitrogens is 8. The van der Waals surface area contributed by atoms with Crippen molar-refractivity contribution in [2.24, 2.45) is 57.8 Å². The molecule has 1 saturated carbocycles. The Kier molecular flexibility index (Phi) is 34.7. The van der Waals surface area contributed by atoms with Gasteiger partial charge in [0.05, 0.1) is 115 Å². The van der Waals surface area contributed by atoms with Crippen molar-refractivity contribution in [3.05, 3.63) is 250 Å². The second kappa shape index (κ2) is 45.3. The molecule has 143 heavy (non-hydrogen) atoms. The molecule has 17 rings (SSSR count). The number of hydrogen-bond acceptors (Lipinski definition) is 10. The third-order valence-electron chi connectivity index (χ3n) is 28.8. The van der Waals surface area contributed by atoms with Crippen molar-refractivity contribution in [2.75, 3.05) is 66.1 Å². The first-order chi connectivity index (χ1) is 67.4. The lowest BCUT2D eigenvalue weighted by Crippen LogP contribution is -2.41. The summed E-state index contributed by atoms with van der Waals surface area (Å²) in [6, 6.07) is 21.9. The van der Waals surface area contributed by atoms with Gasteiger partial charge in [-0.05, 0) is 270 Å². The number of imidazole rings is 4. The number of carbonyl (C=O) groups excluding carboxylic acids is 4. The van der Waals surface area contributed by atoms with E-state index in [1.165, 1.54) is 25.7 Å². The monoisotopic (exact) mass is 2140 g/mol. The van der Waals surface area contributed by atoms with Crippen LogP contribution in [0.15, 0.2) is 97.1 Å². The van der Waals surface area contributed by atoms with Gasteiger partial charge in [-0.25, -0.2) is 19.9 Å². The van der Waals surface area contributed by atoms with E-state index < -0.39 is 47.0 Å². The van der Waals surface area contributed by atoms with Gasteiger partial charge < -0.3 is 47.7 Å². The standard InChI is InChI=1S/C27H28Cl2F3N3O.2C26H28Cl2F3N3O2.C26H28Cl2F3N3O/c1-15-12-18(27(30,31)32)13-22-25(15)33-23(34(22)2)14-20-21(28)7-6-19(24(20)29)26(36)35-10-8-17(9-11-35)16-4-3-5-16;1-15-12-17(26(29,30)31)13-21-24(15)32-22(33(21)2)14-19-20(27)5-4-18(23(19)28)25(35)34-9-6-16(7-10-34)8-11-36-3;1-14-10-17(26(29,30)31)12-21-24(14)32-22(33(21)3)13-19-20(27)5-4-18(23(19)28)25(36)34-8-6-16(7-9-34)11-15(2)35;1-4-5-16-8-10-34(11-9-16)25(35)18-6-7-20(27)19(23(18)28)14-22-32-24-15(2)12-17(26(29,30)31)13-21(24)33(22)3/h6-7,12-13,16-17H,3-5,8-11,14H2,1-2H3;4-5,12-13,16H,6-11,14H2,1-3H3;4-5,10,12,15-16,35H,6-9,11,13H2,1-3H3;6-7,12-13,16H,4-5,8-11,14H2,1-3H3. The first-order valence-corrected chi connectivity index (χ1v) is 50.8. The van der Waals surface area contributed by atoms with Crippen molar-refractivity contribution >= 4 is 161 Å². The normalized spacial score (nSPS) is 16.0. The highest BCUT2D eigenvalue weighted by Crippen LogP contribution is 2.46. The quantitative estimate of drug-likeness (QED) is 0.0721. The molecule has 4 aliphatic heterocycles. The predicted octanol–water partition coefficient (Wildman–Crippen LogP) is 28.0. The average molecular weight is 2150 g/mol. The summed E-state index contributed by atoms with van der Waals surface area (Å²) >= 11 is 52.7. The average Bonchev–Trinajstić information content (AvgIpc) is 1.63. The van der Waals surface area contributed by atoms with Crippen molar-refractivity contribution in [2.45, 2.75) is 194 Å². The molecule has 0 spiro atoms. The topological polar surface area (TPSA) is 182 Å². The van der Waals surface area contributed by atoms with E-state index >= 15 is 0 Å². The predicted molar refractivity (Wildman–Crippen MR) is 538 cm³/mol. The van der Waals surface area contributed by atoms with Crippen LogP contribution in [0.3, 0.4) is 0 Å². The van der Waals surface area contributed by atoms with Crippen molar-refractivity contribution in [1.29, 1.82) is 0 Å². The minimum Gasteiger partial charge on any atom is -0.393 e. The fourth-order valence-electron chi connectivity index (χ4n) is 20.2. The van der Waals surface area contributed by atoms with Gasteiger partial charge in [-0.2, -0.15) is 52.7 Å². The van der Waals surface area contributed by atoms with E-state index in [0.29, 0.717) is 224 Å². The molecule has 38 heteroatoms. The zero-order valence-electron chi connectivity index (χ0n) is 80.9. The maximum Gasteiger partial charge on any atom is 0.416 e. The molecule has 5 fully saturated rings. The summed E-state index contributed by atoms with van der Waals surface area (Å²) in [4.78, 5) is 78.8. The Labute approximate surface area is 861 Å². The van der Waals surface area contributed by atoms with Gasteiger partial charge in [0.2, 0.25) is 0 Å². The lowest BCUT2D eigenvalue weighted by molar-refractivity contribution is -0.138. The van der Waals surface area contributed by atoms with Crippen LogP contribution in [0.5, 0.6) is 0 Å². The Bertz CT molecular complexity index is 6750. The molecule has 1 N–H and O–H groups in total. The highest BCUT2D eigenvalue weighted by molar-refractivity contribution is 6.40. The van der Waals surface area contributed by atoms with E-state index in [-0.39, 0.29) is 75.5 Å². The van der Waals surface area contributed by atoms with Crippen LogP contribution in [-0.4, -0.2) is 159 Å². The number of aliphatic hydroxyl groups is 1. The Balaban J connectivity index is 0.000000151. The fraction of sp³-hybridized carbons (Fsp3) is 0.467. The number of carbonyl (C=O) groups is 4. The smallest absolute Gasteiger partial charge is 0.393 e. The fourth-order valence-corrected chi connectivity index (χ4v) is 22.5. The molecule has 12 aromatic rings. The highest BCUT2D eigenvalue weighted by Gasteiger charge is 2.40. The van der Waals surface area contributed by atoms with Gasteiger partial charge in [0.1, 0.15) is 23.3 Å². The summed E-state index contributed by atoms with van der Waals surface area (Å²) in [6.07, 6.45) is -2.07. The number of benzene rings is 8. The summed E-state index contributed by atoms with van der Waals surface area (Å²) in [5.74, 6) is 4.52. The number of halogens is 20. The number of fused-ring (bicyclic) bond motifs is 4. The lowest BCUT2D eigenvalue weighted by Gasteiger charge is -2.40. The van der Waals surface area contributed by atoms with Crippen molar-refractivity contribution < 1.29 is 81.7 Å². The van der Waals surface area contributed by atoms with Gasteiger partial charge in [-0.15, -0.1) is 0 Å². The molecule has 5 aliphatic rings. The number of alkyl halides is 12. The summed E-state index contributed by atoms with van der Waals surface area (Å²) in [7, 11) is 8.34. The molecule has 4 saturated heterocycles. The molecular formula is C105H112Cl8F12N12O6. The Morgan fingerprint density at radius 3 is 0.832 bits per heavy atom. The van der Waals surface area contributed by atoms with Gasteiger partial charge in [0.15, 0.2) is 0 Å². The van der Waals surface area contributed by atoms with Crippen molar-refractivity contribution in [3.8, 4) is 0 Å². The number of ether oxygens (including phenoxy) is 1. The largest absolute Gasteiger partial charge is 0.416 e. The summed E-state index contributed by atoms with van der Waals surface area (Å²) in [5, 5.41) is 12.1. The minimum absolute atomic E-state index is 0.111. The van der Waals surface area contributed by atoms with Crippen LogP contribution in [0.2, 0.25) is 40.2 Å². The number of aryl methyl sites for hydroxylation is 8. The molecule has 4 amide bonds. The van der Waals surface area contributed by atoms with Crippen LogP contribution in [0.4, 0.5) is 52.7 Å². The molecule has 0 radical (unpaired) electrons. The van der Waals surface area contributed by atoms with Crippen LogP contribution < -0.4 is 0 Å². The minimum atomic E-state index is -4.46. The van der Waals surface area contributed by atoms with E-state index in [1.807, 2.05) is 9.80 Å². The molecule has 4 aromatic heterocycles. The number of nitrogens with zero attached hydrogens (tertiary/aromatic N) is 12. The molecule has 8 heterocycles. The molecular weight excluding hydrogens is 2040 g/mol. The van der Waals surface area contributed by atoms with Crippen LogP contribution in [0.25, 0.3) is 44.1 Å². The molecule has 1 aliphatic carbocycles. The van der Waals surface area contributed by atoms with Gasteiger partial charge in [-0.3, -0.25) is 19.2 Å². The zero-order valence-corrected chi connectivity index (χ0v) is 87.0. The van der Waals surface area contributed by atoms with Crippen molar-refractivity contribution in [3.63, 3.8) is 0 Å². The van der Waals surface area contributed by atoms with Crippen molar-refractivity contribution in [1.82, 2.24) is 57.8 Å². The van der Waals surface area contributed by atoms with Gasteiger partial charge in [-0.1, -0.05) is 132 Å². The first kappa shape index (κ1) is 110. The number of aliphatic hydroxyl groups excluding tert-OH is 1. The molecule has 1 unspecified atom stereocenters. The number of hydrogen-bond donors (Lipinski definition) is 1. The third kappa shape index (κ3) is 24.7. The summed E-state index contributed by atoms with van der Waals surface area (Å²) in [6.45, 7) is 16.4. The van der Waals surface area contributed by atoms with Gasteiger partial charge >= 0.3 is 24.7 Å². The zero-order chi connectivity index (χ0) is 104. The summed E-state index contributed by atoms with van der Waals surface area (Å²) < 4.78 is 172. The number of methoxy groups -OCH3 is 1. The van der Waals surface area contributed by atoms with E-state index in [4.69, 9.17) is 97.5 Å². The highest BCUT2D eigenvalue weighted by atomic mass is 35.5. The van der Waals surface area contributed by atoms with Gasteiger partial charge in [0, 0.05) is 140 Å². The van der Waals surface area contributed by atoms with Crippen LogP contribution >= 0.6 is 92.8 Å². The number of piperidine rings is 4. The van der Waals surface area contributed by atoms with E-state index in [1.54, 1.807) is 147 Å². The maximum atomic E-state index is 13.4. The van der Waals surface area contributed by atoms with E-state index in [2.05, 4.69) is 26.9 Å². The lowest BCUT2D eigenvalue weighted by atomic mass is 9.72. The number of rotatable bonds is 20. The molecule has 18 nitrogen and oxygen atoms in total. The number of amides is 4. The Morgan fingerprint density at radius 2 is 0.608 bits per heavy atom. The SMILES string of the molecule is CCCC1CCN(C(=O)c2ccc(Cl)c(Cc3nc4c(C)cc(C(F)(F)F)cc4n3C)c2Cl)CC1.COCCC1CCN(C(=O)c2ccc(Cl)c(Cc3nc4c(C)cc(C(F)(F)F)cc4n3C)c2Cl)CC1.Cc1cc(C(F)(F)F)cc2c1nc(Cc1c(Cl)ccc(C(=O)N3CCC(C4CCC4)CC3)c1Cl)n2C.Cc1cc(C(F)(F)F)cc2c1nc(Cc1c(Cl)ccc(C(=O)N3CCC(CC(C)O)CC3)c1Cl)n2C. The first-order valence-electron chi connectivity index (χ1n) is 47.8. The Hall–Kier alpha value is -9.08. The maximum absolute atomic E-state index is 13.4. The van der Waals surface area contributed by atoms with Gasteiger partial charge in [0.25, 0.3) is 23.6 Å². The van der Waals surface area contributed by atoms with Crippen LogP contribution in [0.1, 0.15) is 242 Å². The summed E-state index contributed by atoms with van der Waals surface area (Å²) in [5.41, 5.74) is 5.82. The molecule has 0 bridgehead atoms. The molecule has 8 aromatic carbocycles. The third-order valence-corrected chi connectivity index (χ3v) is 32.0. The van der Waals surface area contributed by atoms with Crippen LogP contribution in [-0.2, 0) is 83.3 Å². The number of likely N-dealkylation sites (tertiary alicyclic amines) is 4. The second-order valence-corrected chi connectivity index (χ2v) is 41.6. The van der Waals surface area contributed by atoms with Crippen LogP contribution in [0, 0.1) is 57.3 Å². The molecule has 768 valence electrons. The Morgan fingerprint density at radius 1 is 0.371 bits per heavy atom. The molecule has 1 atom stereocenters. The second-order valence-electron chi connectivity index (χ2n) is 38.4. The van der Waals surface area contributed by atoms with E-state index in [9.17, 15) is 77.0 Å².